The Bertz CT molecular complexity index is 757. The zero-order chi connectivity index (χ0) is 19.1. The van der Waals surface area contributed by atoms with Crippen molar-refractivity contribution < 1.29 is 9.53 Å². The van der Waals surface area contributed by atoms with Gasteiger partial charge in [0.15, 0.2) is 0 Å². The number of carbonyl (C=O) groups is 1. The fourth-order valence-corrected chi connectivity index (χ4v) is 2.92. The fraction of sp³-hybridized carbons (Fsp3) is 0.450. The van der Waals surface area contributed by atoms with Gasteiger partial charge >= 0.3 is 0 Å². The third-order valence-electron chi connectivity index (χ3n) is 4.48. The number of morpholine rings is 1. The maximum absolute atomic E-state index is 12.5. The standard InChI is InChI=1S/C20H27N5O2/c1-15-3-5-17(6-4-15)14-22-20(26)18-13-19(24-16(2)23-18)21-7-8-25-9-11-27-12-10-25/h3-6,13H,7-12,14H2,1-2H3,(H,22,26)(H,21,23,24). The second kappa shape index (κ2) is 9.43. The van der Waals surface area contributed by atoms with Crippen LogP contribution < -0.4 is 10.6 Å². The largest absolute Gasteiger partial charge is 0.379 e. The van der Waals surface area contributed by atoms with Gasteiger partial charge in [0.25, 0.3) is 5.91 Å². The van der Waals surface area contributed by atoms with Crippen LogP contribution in [0.4, 0.5) is 5.82 Å². The van der Waals surface area contributed by atoms with Gasteiger partial charge in [0.2, 0.25) is 0 Å². The molecule has 0 atom stereocenters. The van der Waals surface area contributed by atoms with E-state index in [2.05, 4.69) is 25.5 Å². The quantitative estimate of drug-likeness (QED) is 0.774. The van der Waals surface area contributed by atoms with E-state index in [9.17, 15) is 4.79 Å². The van der Waals surface area contributed by atoms with E-state index in [-0.39, 0.29) is 5.91 Å². The number of aryl methyl sites for hydroxylation is 2. The van der Waals surface area contributed by atoms with Crippen molar-refractivity contribution >= 4 is 11.7 Å². The molecule has 1 aliphatic rings. The Balaban J connectivity index is 1.53. The fourth-order valence-electron chi connectivity index (χ4n) is 2.92. The van der Waals surface area contributed by atoms with Crippen LogP contribution in [-0.4, -0.2) is 60.2 Å². The van der Waals surface area contributed by atoms with Crippen molar-refractivity contribution in [1.29, 1.82) is 0 Å². The molecule has 0 aliphatic carbocycles. The van der Waals surface area contributed by atoms with Crippen molar-refractivity contribution in [1.82, 2.24) is 20.2 Å². The van der Waals surface area contributed by atoms with E-state index in [0.29, 0.717) is 23.9 Å². The molecule has 0 saturated carbocycles. The second-order valence-corrected chi connectivity index (χ2v) is 6.73. The molecule has 1 amide bonds. The van der Waals surface area contributed by atoms with Gasteiger partial charge in [0, 0.05) is 38.8 Å². The molecule has 0 radical (unpaired) electrons. The normalized spacial score (nSPS) is 14.7. The van der Waals surface area contributed by atoms with Crippen LogP contribution in [-0.2, 0) is 11.3 Å². The summed E-state index contributed by atoms with van der Waals surface area (Å²) in [7, 11) is 0. The Kier molecular flexibility index (Phi) is 6.73. The van der Waals surface area contributed by atoms with Crippen LogP contribution in [0.25, 0.3) is 0 Å². The Labute approximate surface area is 160 Å². The molecule has 1 aromatic carbocycles. The van der Waals surface area contributed by atoms with Gasteiger partial charge in [0.05, 0.1) is 13.2 Å². The summed E-state index contributed by atoms with van der Waals surface area (Å²) < 4.78 is 5.36. The molecule has 1 aromatic heterocycles. The Hall–Kier alpha value is -2.51. The van der Waals surface area contributed by atoms with Crippen LogP contribution >= 0.6 is 0 Å². The topological polar surface area (TPSA) is 79.4 Å². The first-order valence-corrected chi connectivity index (χ1v) is 9.33. The smallest absolute Gasteiger partial charge is 0.270 e. The lowest BCUT2D eigenvalue weighted by Crippen LogP contribution is -2.39. The first-order chi connectivity index (χ1) is 13.1. The number of anilines is 1. The zero-order valence-electron chi connectivity index (χ0n) is 16.0. The molecular weight excluding hydrogens is 342 g/mol. The van der Waals surface area contributed by atoms with Crippen molar-refractivity contribution in [2.75, 3.05) is 44.7 Å². The van der Waals surface area contributed by atoms with Gasteiger partial charge in [-0.1, -0.05) is 29.8 Å². The molecule has 144 valence electrons. The molecule has 7 nitrogen and oxygen atoms in total. The number of nitrogens with one attached hydrogen (secondary N) is 2. The molecule has 2 heterocycles. The average molecular weight is 369 g/mol. The van der Waals surface area contributed by atoms with Gasteiger partial charge in [-0.2, -0.15) is 0 Å². The summed E-state index contributed by atoms with van der Waals surface area (Å²) in [6.45, 7) is 9.48. The highest BCUT2D eigenvalue weighted by Gasteiger charge is 2.12. The van der Waals surface area contributed by atoms with Crippen LogP contribution in [0.1, 0.15) is 27.4 Å². The number of benzene rings is 1. The number of carbonyl (C=O) groups excluding carboxylic acids is 1. The van der Waals surface area contributed by atoms with Gasteiger partial charge in [0.1, 0.15) is 17.3 Å². The van der Waals surface area contributed by atoms with E-state index < -0.39 is 0 Å². The van der Waals surface area contributed by atoms with Crippen molar-refractivity contribution in [3.05, 3.63) is 53.0 Å². The molecule has 2 aromatic rings. The molecule has 0 spiro atoms. The number of ether oxygens (including phenoxy) is 1. The lowest BCUT2D eigenvalue weighted by atomic mass is 10.1. The highest BCUT2D eigenvalue weighted by Crippen LogP contribution is 2.08. The highest BCUT2D eigenvalue weighted by molar-refractivity contribution is 5.92. The molecule has 2 N–H and O–H groups in total. The number of rotatable bonds is 7. The molecule has 1 aliphatic heterocycles. The molecule has 0 bridgehead atoms. The predicted molar refractivity (Wildman–Crippen MR) is 105 cm³/mol. The molecule has 27 heavy (non-hydrogen) atoms. The van der Waals surface area contributed by atoms with E-state index in [1.54, 1.807) is 13.0 Å². The summed E-state index contributed by atoms with van der Waals surface area (Å²) in [5.74, 6) is 1.06. The van der Waals surface area contributed by atoms with Crippen molar-refractivity contribution in [3.8, 4) is 0 Å². The van der Waals surface area contributed by atoms with E-state index in [0.717, 1.165) is 45.0 Å². The average Bonchev–Trinajstić information content (AvgIpc) is 2.68. The van der Waals surface area contributed by atoms with Gasteiger partial charge in [-0.15, -0.1) is 0 Å². The van der Waals surface area contributed by atoms with Gasteiger partial charge in [-0.25, -0.2) is 9.97 Å². The van der Waals surface area contributed by atoms with Crippen LogP contribution in [0.3, 0.4) is 0 Å². The SMILES string of the molecule is Cc1ccc(CNC(=O)c2cc(NCCN3CCOCC3)nc(C)n2)cc1. The summed E-state index contributed by atoms with van der Waals surface area (Å²) in [5.41, 5.74) is 2.64. The molecular formula is C20H27N5O2. The minimum Gasteiger partial charge on any atom is -0.379 e. The highest BCUT2D eigenvalue weighted by atomic mass is 16.5. The lowest BCUT2D eigenvalue weighted by molar-refractivity contribution is 0.0398. The zero-order valence-corrected chi connectivity index (χ0v) is 16.0. The van der Waals surface area contributed by atoms with Gasteiger partial charge < -0.3 is 15.4 Å². The van der Waals surface area contributed by atoms with Crippen LogP contribution in [0.5, 0.6) is 0 Å². The van der Waals surface area contributed by atoms with Crippen molar-refractivity contribution in [2.45, 2.75) is 20.4 Å². The van der Waals surface area contributed by atoms with E-state index in [1.807, 2.05) is 31.2 Å². The third-order valence-corrected chi connectivity index (χ3v) is 4.48. The van der Waals surface area contributed by atoms with Crippen molar-refractivity contribution in [2.24, 2.45) is 0 Å². The number of amides is 1. The summed E-state index contributed by atoms with van der Waals surface area (Å²) in [6, 6.07) is 9.80. The van der Waals surface area contributed by atoms with Gasteiger partial charge in [-0.05, 0) is 19.4 Å². The van der Waals surface area contributed by atoms with Gasteiger partial charge in [-0.3, -0.25) is 9.69 Å². The number of hydrogen-bond acceptors (Lipinski definition) is 6. The number of hydrogen-bond donors (Lipinski definition) is 2. The second-order valence-electron chi connectivity index (χ2n) is 6.73. The summed E-state index contributed by atoms with van der Waals surface area (Å²) >= 11 is 0. The Morgan fingerprint density at radius 2 is 1.89 bits per heavy atom. The van der Waals surface area contributed by atoms with E-state index >= 15 is 0 Å². The van der Waals surface area contributed by atoms with Crippen molar-refractivity contribution in [3.63, 3.8) is 0 Å². The lowest BCUT2D eigenvalue weighted by Gasteiger charge is -2.26. The Morgan fingerprint density at radius 3 is 2.63 bits per heavy atom. The molecule has 3 rings (SSSR count). The van der Waals surface area contributed by atoms with E-state index in [1.165, 1.54) is 5.56 Å². The van der Waals surface area contributed by atoms with Crippen LogP contribution in [0.2, 0.25) is 0 Å². The number of nitrogens with zero attached hydrogens (tertiary/aromatic N) is 3. The maximum atomic E-state index is 12.5. The van der Waals surface area contributed by atoms with Crippen LogP contribution in [0.15, 0.2) is 30.3 Å². The molecule has 1 fully saturated rings. The maximum Gasteiger partial charge on any atom is 0.270 e. The summed E-state index contributed by atoms with van der Waals surface area (Å²) in [5, 5.41) is 6.21. The first kappa shape index (κ1) is 19.3. The minimum absolute atomic E-state index is 0.197. The predicted octanol–water partition coefficient (Wildman–Crippen LogP) is 1.77. The first-order valence-electron chi connectivity index (χ1n) is 9.33. The molecule has 1 saturated heterocycles. The van der Waals surface area contributed by atoms with E-state index in [4.69, 9.17) is 4.74 Å². The summed E-state index contributed by atoms with van der Waals surface area (Å²) in [4.78, 5) is 23.5. The third kappa shape index (κ3) is 6.01. The number of aromatic nitrogens is 2. The summed E-state index contributed by atoms with van der Waals surface area (Å²) in [6.07, 6.45) is 0. The molecule has 0 unspecified atom stereocenters. The Morgan fingerprint density at radius 1 is 1.15 bits per heavy atom. The minimum atomic E-state index is -0.197. The monoisotopic (exact) mass is 369 g/mol. The molecule has 7 heteroatoms. The van der Waals surface area contributed by atoms with Crippen LogP contribution in [0, 0.1) is 13.8 Å².